The Balaban J connectivity index is 1.65. The number of aliphatic hydroxyl groups is 1. The van der Waals surface area contributed by atoms with Crippen molar-refractivity contribution in [3.63, 3.8) is 0 Å². The standard InChI is InChI=1S/C26H21FN2O4/c1-15-11-18-12-17(8-9-21(18)33-15)24(30)22-23(19-6-2-3-7-20(19)27)29(26(32)25(22)31)14-16-5-4-10-28-13-16/h2-10,12-13,15,23,30H,11,14H2,1H3/b24-22+/t15-,23+/m1/s1. The van der Waals surface area contributed by atoms with E-state index in [2.05, 4.69) is 4.98 Å². The SMILES string of the molecule is C[C@@H]1Cc2cc(/C(O)=C3\C(=O)C(=O)N(Cc4cccnc4)[C@H]3c3ccccc3F)ccc2O1. The second-order valence-corrected chi connectivity index (χ2v) is 8.26. The van der Waals surface area contributed by atoms with E-state index in [1.807, 2.05) is 6.92 Å². The van der Waals surface area contributed by atoms with E-state index in [-0.39, 0.29) is 29.5 Å². The van der Waals surface area contributed by atoms with Gasteiger partial charge in [-0.1, -0.05) is 24.3 Å². The van der Waals surface area contributed by atoms with Crippen molar-refractivity contribution in [3.8, 4) is 5.75 Å². The van der Waals surface area contributed by atoms with Crippen LogP contribution in [0.3, 0.4) is 0 Å². The van der Waals surface area contributed by atoms with Gasteiger partial charge in [0.25, 0.3) is 11.7 Å². The van der Waals surface area contributed by atoms with E-state index in [1.54, 1.807) is 48.8 Å². The Morgan fingerprint density at radius 2 is 2.00 bits per heavy atom. The van der Waals surface area contributed by atoms with Crippen molar-refractivity contribution >= 4 is 17.4 Å². The van der Waals surface area contributed by atoms with Gasteiger partial charge in [-0.15, -0.1) is 0 Å². The third-order valence-corrected chi connectivity index (χ3v) is 5.98. The number of rotatable bonds is 4. The number of fused-ring (bicyclic) bond motifs is 1. The minimum Gasteiger partial charge on any atom is -0.507 e. The fraction of sp³-hybridized carbons (Fsp3) is 0.192. The summed E-state index contributed by atoms with van der Waals surface area (Å²) in [6.45, 7) is 1.99. The molecule has 3 heterocycles. The number of aromatic nitrogens is 1. The average Bonchev–Trinajstić information content (AvgIpc) is 3.31. The average molecular weight is 444 g/mol. The van der Waals surface area contributed by atoms with Crippen LogP contribution in [0.5, 0.6) is 5.75 Å². The smallest absolute Gasteiger partial charge is 0.295 e. The maximum Gasteiger partial charge on any atom is 0.295 e. The number of ketones is 1. The van der Waals surface area contributed by atoms with Crippen LogP contribution < -0.4 is 4.74 Å². The van der Waals surface area contributed by atoms with Crippen molar-refractivity contribution in [1.29, 1.82) is 0 Å². The highest BCUT2D eigenvalue weighted by Gasteiger charge is 2.47. The molecule has 0 saturated carbocycles. The number of nitrogens with zero attached hydrogens (tertiary/aromatic N) is 2. The number of aliphatic hydroxyl groups excluding tert-OH is 1. The lowest BCUT2D eigenvalue weighted by Gasteiger charge is -2.25. The molecule has 33 heavy (non-hydrogen) atoms. The van der Waals surface area contributed by atoms with E-state index in [0.717, 1.165) is 11.3 Å². The minimum atomic E-state index is -1.07. The summed E-state index contributed by atoms with van der Waals surface area (Å²) in [5.41, 5.74) is 1.97. The topological polar surface area (TPSA) is 79.7 Å². The lowest BCUT2D eigenvalue weighted by Crippen LogP contribution is -2.29. The summed E-state index contributed by atoms with van der Waals surface area (Å²) in [4.78, 5) is 31.5. The van der Waals surface area contributed by atoms with Gasteiger partial charge in [0, 0.05) is 36.5 Å². The molecular weight excluding hydrogens is 423 g/mol. The molecule has 1 amide bonds. The highest BCUT2D eigenvalue weighted by Crippen LogP contribution is 2.42. The molecule has 3 aromatic rings. The molecule has 2 aliphatic heterocycles. The summed E-state index contributed by atoms with van der Waals surface area (Å²) >= 11 is 0. The molecule has 0 spiro atoms. The van der Waals surface area contributed by atoms with Crippen LogP contribution in [-0.2, 0) is 22.6 Å². The number of carbonyl (C=O) groups is 2. The van der Waals surface area contributed by atoms with Gasteiger partial charge in [0.2, 0.25) is 0 Å². The van der Waals surface area contributed by atoms with Crippen LogP contribution in [0, 0.1) is 5.82 Å². The number of carbonyl (C=O) groups excluding carboxylic acids is 2. The van der Waals surface area contributed by atoms with Gasteiger partial charge < -0.3 is 14.7 Å². The van der Waals surface area contributed by atoms with Gasteiger partial charge in [0.1, 0.15) is 23.4 Å². The first-order valence-electron chi connectivity index (χ1n) is 10.7. The normalized spacial score (nSPS) is 21.2. The first kappa shape index (κ1) is 20.9. The van der Waals surface area contributed by atoms with Gasteiger partial charge in [-0.05, 0) is 48.4 Å². The van der Waals surface area contributed by atoms with Crippen LogP contribution >= 0.6 is 0 Å². The Morgan fingerprint density at radius 1 is 1.18 bits per heavy atom. The predicted molar refractivity (Wildman–Crippen MR) is 119 cm³/mol. The van der Waals surface area contributed by atoms with E-state index < -0.39 is 23.5 Å². The molecule has 1 N–H and O–H groups in total. The van der Waals surface area contributed by atoms with Gasteiger partial charge in [-0.2, -0.15) is 0 Å². The molecule has 0 bridgehead atoms. The van der Waals surface area contributed by atoms with Crippen LogP contribution in [0.15, 0.2) is 72.6 Å². The Bertz CT molecular complexity index is 1290. The number of Topliss-reactive ketones (excluding diaryl/α,β-unsaturated/α-hetero) is 1. The molecule has 1 fully saturated rings. The van der Waals surface area contributed by atoms with Crippen LogP contribution in [-0.4, -0.2) is 32.8 Å². The van der Waals surface area contributed by atoms with Crippen molar-refractivity contribution in [2.24, 2.45) is 0 Å². The molecule has 2 atom stereocenters. The Kier molecular flexibility index (Phi) is 5.17. The monoisotopic (exact) mass is 444 g/mol. The fourth-order valence-electron chi connectivity index (χ4n) is 4.48. The Hall–Kier alpha value is -4.00. The van der Waals surface area contributed by atoms with Gasteiger partial charge in [-0.25, -0.2) is 4.39 Å². The zero-order chi connectivity index (χ0) is 23.1. The number of ether oxygens (including phenoxy) is 1. The molecular formula is C26H21FN2O4. The molecule has 5 rings (SSSR count). The van der Waals surface area contributed by atoms with Crippen LogP contribution in [0.25, 0.3) is 5.76 Å². The Labute approximate surface area is 190 Å². The third kappa shape index (κ3) is 3.65. The zero-order valence-corrected chi connectivity index (χ0v) is 17.9. The highest BCUT2D eigenvalue weighted by atomic mass is 19.1. The molecule has 166 valence electrons. The first-order chi connectivity index (χ1) is 15.9. The number of halogens is 1. The van der Waals surface area contributed by atoms with E-state index in [9.17, 15) is 19.1 Å². The molecule has 2 aromatic carbocycles. The van der Waals surface area contributed by atoms with Crippen LogP contribution in [0.4, 0.5) is 4.39 Å². The highest BCUT2D eigenvalue weighted by molar-refractivity contribution is 6.46. The maximum atomic E-state index is 14.9. The number of hydrogen-bond acceptors (Lipinski definition) is 5. The number of likely N-dealkylation sites (tertiary alicyclic amines) is 1. The van der Waals surface area contributed by atoms with Crippen LogP contribution in [0.2, 0.25) is 0 Å². The molecule has 0 radical (unpaired) electrons. The number of amides is 1. The van der Waals surface area contributed by atoms with E-state index in [0.29, 0.717) is 17.5 Å². The molecule has 1 saturated heterocycles. The van der Waals surface area contributed by atoms with E-state index in [4.69, 9.17) is 4.74 Å². The largest absolute Gasteiger partial charge is 0.507 e. The van der Waals surface area contributed by atoms with Crippen LogP contribution in [0.1, 0.15) is 35.2 Å². The molecule has 6 nitrogen and oxygen atoms in total. The second-order valence-electron chi connectivity index (χ2n) is 8.26. The molecule has 2 aliphatic rings. The molecule has 0 aliphatic carbocycles. The fourth-order valence-corrected chi connectivity index (χ4v) is 4.48. The zero-order valence-electron chi connectivity index (χ0n) is 17.9. The number of hydrogen-bond donors (Lipinski definition) is 1. The minimum absolute atomic E-state index is 0.0147. The van der Waals surface area contributed by atoms with Gasteiger partial charge in [-0.3, -0.25) is 14.6 Å². The van der Waals surface area contributed by atoms with Gasteiger partial charge in [0.15, 0.2) is 0 Å². The summed E-state index contributed by atoms with van der Waals surface area (Å²) in [5, 5.41) is 11.2. The van der Waals surface area contributed by atoms with Crippen molar-refractivity contribution in [3.05, 3.63) is 101 Å². The number of benzene rings is 2. The predicted octanol–water partition coefficient (Wildman–Crippen LogP) is 4.17. The lowest BCUT2D eigenvalue weighted by molar-refractivity contribution is -0.140. The molecule has 1 aromatic heterocycles. The first-order valence-corrected chi connectivity index (χ1v) is 10.7. The summed E-state index contributed by atoms with van der Waals surface area (Å²) in [7, 11) is 0. The quantitative estimate of drug-likeness (QED) is 0.371. The Morgan fingerprint density at radius 3 is 2.76 bits per heavy atom. The van der Waals surface area contributed by atoms with Gasteiger partial charge >= 0.3 is 0 Å². The van der Waals surface area contributed by atoms with E-state index >= 15 is 0 Å². The summed E-state index contributed by atoms with van der Waals surface area (Å²) in [6.07, 6.45) is 3.87. The second kappa shape index (κ2) is 8.16. The van der Waals surface area contributed by atoms with Crippen molar-refractivity contribution in [1.82, 2.24) is 9.88 Å². The van der Waals surface area contributed by atoms with Crippen molar-refractivity contribution in [2.75, 3.05) is 0 Å². The lowest BCUT2D eigenvalue weighted by atomic mass is 9.94. The summed E-state index contributed by atoms with van der Waals surface area (Å²) < 4.78 is 20.6. The van der Waals surface area contributed by atoms with Crippen molar-refractivity contribution in [2.45, 2.75) is 32.0 Å². The maximum absolute atomic E-state index is 14.9. The van der Waals surface area contributed by atoms with Gasteiger partial charge in [0.05, 0.1) is 11.6 Å². The molecule has 0 unspecified atom stereocenters. The third-order valence-electron chi connectivity index (χ3n) is 5.98. The summed E-state index contributed by atoms with van der Waals surface area (Å²) in [6, 6.07) is 13.5. The summed E-state index contributed by atoms with van der Waals surface area (Å²) in [5.74, 6) is -1.83. The van der Waals surface area contributed by atoms with E-state index in [1.165, 1.54) is 23.1 Å². The molecule has 7 heteroatoms. The number of pyridine rings is 1. The van der Waals surface area contributed by atoms with Crippen molar-refractivity contribution < 1.29 is 23.8 Å².